The summed E-state index contributed by atoms with van der Waals surface area (Å²) in [5.41, 5.74) is 0.481. The maximum Gasteiger partial charge on any atom is 0.254 e. The van der Waals surface area contributed by atoms with Crippen molar-refractivity contribution in [2.75, 3.05) is 19.7 Å². The molecule has 0 atom stereocenters. The van der Waals surface area contributed by atoms with E-state index < -0.39 is 0 Å². The van der Waals surface area contributed by atoms with Crippen molar-refractivity contribution in [3.05, 3.63) is 34.3 Å². The Morgan fingerprint density at radius 1 is 1.35 bits per heavy atom. The maximum atomic E-state index is 12.3. The molecule has 1 saturated heterocycles. The number of rotatable bonds is 1. The van der Waals surface area contributed by atoms with E-state index in [1.807, 2.05) is 43.0 Å². The molecule has 17 heavy (non-hydrogen) atoms. The Kier molecular flexibility index (Phi) is 3.54. The number of carbonyl (C=O) groups is 1. The fourth-order valence-electron chi connectivity index (χ4n) is 1.96. The van der Waals surface area contributed by atoms with Crippen LogP contribution in [0.25, 0.3) is 0 Å². The van der Waals surface area contributed by atoms with Gasteiger partial charge in [0.2, 0.25) is 0 Å². The predicted molar refractivity (Wildman–Crippen MR) is 70.1 cm³/mol. The van der Waals surface area contributed by atoms with E-state index in [1.165, 1.54) is 0 Å². The van der Waals surface area contributed by atoms with Gasteiger partial charge in [-0.25, -0.2) is 0 Å². The molecule has 1 aromatic rings. The van der Waals surface area contributed by atoms with Crippen LogP contribution < -0.4 is 0 Å². The second kappa shape index (κ2) is 4.78. The number of morpholine rings is 1. The molecule has 0 saturated carbocycles. The van der Waals surface area contributed by atoms with Gasteiger partial charge in [0, 0.05) is 23.1 Å². The molecule has 0 aliphatic carbocycles. The maximum absolute atomic E-state index is 12.3. The number of halogens is 1. The van der Waals surface area contributed by atoms with Gasteiger partial charge >= 0.3 is 0 Å². The molecular formula is C13H16BrNO2. The molecule has 0 radical (unpaired) electrons. The van der Waals surface area contributed by atoms with Gasteiger partial charge in [-0.05, 0) is 38.1 Å². The summed E-state index contributed by atoms with van der Waals surface area (Å²) in [7, 11) is 0. The molecule has 1 fully saturated rings. The molecule has 92 valence electrons. The van der Waals surface area contributed by atoms with Crippen LogP contribution in [-0.4, -0.2) is 36.1 Å². The van der Waals surface area contributed by atoms with Crippen LogP contribution in [0.4, 0.5) is 0 Å². The summed E-state index contributed by atoms with van der Waals surface area (Å²) in [6.07, 6.45) is 0. The minimum Gasteiger partial charge on any atom is -0.372 e. The van der Waals surface area contributed by atoms with Gasteiger partial charge < -0.3 is 9.64 Å². The van der Waals surface area contributed by atoms with Gasteiger partial charge in [-0.1, -0.05) is 15.9 Å². The fourth-order valence-corrected chi connectivity index (χ4v) is 2.23. The third-order valence-electron chi connectivity index (χ3n) is 2.80. The highest BCUT2D eigenvalue weighted by atomic mass is 79.9. The van der Waals surface area contributed by atoms with Crippen molar-refractivity contribution in [1.29, 1.82) is 0 Å². The van der Waals surface area contributed by atoms with Crippen LogP contribution >= 0.6 is 15.9 Å². The monoisotopic (exact) mass is 297 g/mol. The minimum absolute atomic E-state index is 0.0777. The van der Waals surface area contributed by atoms with Crippen LogP contribution in [0.1, 0.15) is 24.2 Å². The molecule has 1 aliphatic heterocycles. The van der Waals surface area contributed by atoms with Gasteiger partial charge in [0.15, 0.2) is 0 Å². The van der Waals surface area contributed by atoms with E-state index in [9.17, 15) is 4.79 Å². The molecule has 1 aromatic carbocycles. The first kappa shape index (κ1) is 12.6. The van der Waals surface area contributed by atoms with Gasteiger partial charge in [0.05, 0.1) is 12.2 Å². The zero-order chi connectivity index (χ0) is 12.5. The third kappa shape index (κ3) is 3.07. The quantitative estimate of drug-likeness (QED) is 0.798. The number of hydrogen-bond donors (Lipinski definition) is 0. The normalized spacial score (nSPS) is 19.1. The second-order valence-electron chi connectivity index (χ2n) is 4.84. The Bertz CT molecular complexity index is 414. The first-order valence-electron chi connectivity index (χ1n) is 5.67. The summed E-state index contributed by atoms with van der Waals surface area (Å²) >= 11 is 3.36. The summed E-state index contributed by atoms with van der Waals surface area (Å²) in [5.74, 6) is 0.0777. The molecule has 0 aromatic heterocycles. The van der Waals surface area contributed by atoms with E-state index in [0.29, 0.717) is 19.7 Å². The van der Waals surface area contributed by atoms with Gasteiger partial charge in [0.25, 0.3) is 5.91 Å². The largest absolute Gasteiger partial charge is 0.372 e. The number of benzene rings is 1. The molecule has 0 spiro atoms. The zero-order valence-corrected chi connectivity index (χ0v) is 11.7. The number of amides is 1. The molecule has 3 nitrogen and oxygen atoms in total. The van der Waals surface area contributed by atoms with Crippen LogP contribution in [-0.2, 0) is 4.74 Å². The predicted octanol–water partition coefficient (Wildman–Crippen LogP) is 2.70. The molecule has 0 unspecified atom stereocenters. The van der Waals surface area contributed by atoms with Crippen LogP contribution in [0, 0.1) is 0 Å². The number of hydrogen-bond acceptors (Lipinski definition) is 2. The van der Waals surface area contributed by atoms with Crippen molar-refractivity contribution < 1.29 is 9.53 Å². The first-order valence-corrected chi connectivity index (χ1v) is 6.46. The Balaban J connectivity index is 2.12. The summed E-state index contributed by atoms with van der Waals surface area (Å²) in [5, 5.41) is 0. The van der Waals surface area contributed by atoms with Gasteiger partial charge in [-0.2, -0.15) is 0 Å². The van der Waals surface area contributed by atoms with Crippen LogP contribution in [0.5, 0.6) is 0 Å². The molecule has 2 rings (SSSR count). The highest BCUT2D eigenvalue weighted by Crippen LogP contribution is 2.19. The Morgan fingerprint density at radius 3 is 2.59 bits per heavy atom. The third-order valence-corrected chi connectivity index (χ3v) is 3.33. The van der Waals surface area contributed by atoms with E-state index in [2.05, 4.69) is 15.9 Å². The lowest BCUT2D eigenvalue weighted by molar-refractivity contribution is -0.0764. The molecule has 1 heterocycles. The molecular weight excluding hydrogens is 282 g/mol. The van der Waals surface area contributed by atoms with Gasteiger partial charge in [-0.3, -0.25) is 4.79 Å². The van der Waals surface area contributed by atoms with Crippen LogP contribution in [0.2, 0.25) is 0 Å². The zero-order valence-electron chi connectivity index (χ0n) is 10.1. The topological polar surface area (TPSA) is 29.5 Å². The van der Waals surface area contributed by atoms with Crippen molar-refractivity contribution in [3.63, 3.8) is 0 Å². The van der Waals surface area contributed by atoms with Crippen molar-refractivity contribution in [1.82, 2.24) is 4.90 Å². The van der Waals surface area contributed by atoms with E-state index in [1.54, 1.807) is 0 Å². The first-order chi connectivity index (χ1) is 7.98. The molecule has 1 aliphatic rings. The highest BCUT2D eigenvalue weighted by Gasteiger charge is 2.30. The summed E-state index contributed by atoms with van der Waals surface area (Å²) in [4.78, 5) is 14.1. The van der Waals surface area contributed by atoms with Crippen LogP contribution in [0.15, 0.2) is 28.7 Å². The molecule has 0 N–H and O–H groups in total. The fraction of sp³-hybridized carbons (Fsp3) is 0.462. The van der Waals surface area contributed by atoms with Crippen molar-refractivity contribution in [3.8, 4) is 0 Å². The Hall–Kier alpha value is -0.870. The summed E-state index contributed by atoms with van der Waals surface area (Å²) in [6.45, 7) is 5.93. The lowest BCUT2D eigenvalue weighted by atomic mass is 10.1. The summed E-state index contributed by atoms with van der Waals surface area (Å²) < 4.78 is 6.58. The summed E-state index contributed by atoms with van der Waals surface area (Å²) in [6, 6.07) is 7.46. The molecule has 1 amide bonds. The lowest BCUT2D eigenvalue weighted by Gasteiger charge is -2.38. The number of nitrogens with zero attached hydrogens (tertiary/aromatic N) is 1. The second-order valence-corrected chi connectivity index (χ2v) is 5.76. The van der Waals surface area contributed by atoms with Gasteiger partial charge in [0.1, 0.15) is 0 Å². The van der Waals surface area contributed by atoms with E-state index >= 15 is 0 Å². The average Bonchev–Trinajstić information content (AvgIpc) is 2.28. The van der Waals surface area contributed by atoms with Crippen molar-refractivity contribution in [2.24, 2.45) is 0 Å². The van der Waals surface area contributed by atoms with Gasteiger partial charge in [-0.15, -0.1) is 0 Å². The van der Waals surface area contributed by atoms with Crippen molar-refractivity contribution >= 4 is 21.8 Å². The molecule has 0 bridgehead atoms. The SMILES string of the molecule is CC1(C)CN(C(=O)c2ccc(Br)cc2)CCO1. The Labute approximate surface area is 110 Å². The lowest BCUT2D eigenvalue weighted by Crippen LogP contribution is -2.50. The number of carbonyl (C=O) groups excluding carboxylic acids is 1. The van der Waals surface area contributed by atoms with Crippen LogP contribution in [0.3, 0.4) is 0 Å². The van der Waals surface area contributed by atoms with Crippen molar-refractivity contribution in [2.45, 2.75) is 19.4 Å². The minimum atomic E-state index is -0.247. The van der Waals surface area contributed by atoms with E-state index in [0.717, 1.165) is 10.0 Å². The smallest absolute Gasteiger partial charge is 0.254 e. The van der Waals surface area contributed by atoms with E-state index in [4.69, 9.17) is 4.74 Å². The van der Waals surface area contributed by atoms with E-state index in [-0.39, 0.29) is 11.5 Å². The Morgan fingerprint density at radius 2 is 2.00 bits per heavy atom. The molecule has 4 heteroatoms. The number of ether oxygens (including phenoxy) is 1. The standard InChI is InChI=1S/C13H16BrNO2/c1-13(2)9-15(7-8-17-13)12(16)10-3-5-11(14)6-4-10/h3-6H,7-9H2,1-2H3. The average molecular weight is 298 g/mol. The highest BCUT2D eigenvalue weighted by molar-refractivity contribution is 9.10.